The SMILES string of the molecule is CC(=O)c1cccc(NC(=O)C(Cc2ccc(C(=O)NCCC(=O)O)cc2)c2ccc(C3=CCCCC3)cc2)c1. The standard InChI is InChI=1S/C33H34N2O5/c1-22(36)28-8-5-9-29(21-28)35-33(40)30(26-16-14-25(15-17-26)24-6-3-2-4-7-24)20-23-10-12-27(13-11-23)32(39)34-19-18-31(37)38/h5-6,8-17,21,30H,2-4,7,18-20H2,1H3,(H,34,39)(H,35,40)(H,37,38). The molecule has 206 valence electrons. The maximum absolute atomic E-state index is 13.6. The largest absolute Gasteiger partial charge is 0.481 e. The Morgan fingerprint density at radius 2 is 1.65 bits per heavy atom. The number of aliphatic carboxylic acids is 1. The maximum Gasteiger partial charge on any atom is 0.305 e. The molecular formula is C33H34N2O5. The van der Waals surface area contributed by atoms with Crippen molar-refractivity contribution in [3.05, 3.63) is 107 Å². The van der Waals surface area contributed by atoms with E-state index in [1.807, 2.05) is 24.3 Å². The van der Waals surface area contributed by atoms with Crippen LogP contribution < -0.4 is 10.6 Å². The Labute approximate surface area is 234 Å². The number of carbonyl (C=O) groups excluding carboxylic acids is 3. The van der Waals surface area contributed by atoms with Gasteiger partial charge in [0.1, 0.15) is 0 Å². The van der Waals surface area contributed by atoms with Crippen LogP contribution in [0, 0.1) is 0 Å². The zero-order valence-electron chi connectivity index (χ0n) is 22.6. The van der Waals surface area contributed by atoms with Crippen molar-refractivity contribution < 1.29 is 24.3 Å². The zero-order valence-corrected chi connectivity index (χ0v) is 22.6. The summed E-state index contributed by atoms with van der Waals surface area (Å²) in [7, 11) is 0. The van der Waals surface area contributed by atoms with Gasteiger partial charge in [-0.15, -0.1) is 0 Å². The van der Waals surface area contributed by atoms with Gasteiger partial charge in [0, 0.05) is 23.4 Å². The molecule has 0 fully saturated rings. The molecule has 0 aliphatic heterocycles. The Balaban J connectivity index is 1.54. The van der Waals surface area contributed by atoms with Gasteiger partial charge in [0.25, 0.3) is 5.91 Å². The van der Waals surface area contributed by atoms with E-state index in [1.165, 1.54) is 30.9 Å². The minimum atomic E-state index is -0.975. The van der Waals surface area contributed by atoms with Crippen LogP contribution in [0.2, 0.25) is 0 Å². The highest BCUT2D eigenvalue weighted by molar-refractivity contribution is 5.99. The Morgan fingerprint density at radius 3 is 2.30 bits per heavy atom. The van der Waals surface area contributed by atoms with Crippen LogP contribution in [0.4, 0.5) is 5.69 Å². The zero-order chi connectivity index (χ0) is 28.5. The molecule has 0 aromatic heterocycles. The van der Waals surface area contributed by atoms with Gasteiger partial charge in [0.2, 0.25) is 5.91 Å². The number of rotatable bonds is 11. The normalized spacial score (nSPS) is 13.6. The Kier molecular flexibility index (Phi) is 9.62. The molecule has 0 bridgehead atoms. The van der Waals surface area contributed by atoms with Crippen molar-refractivity contribution in [2.75, 3.05) is 11.9 Å². The second-order valence-electron chi connectivity index (χ2n) is 10.1. The van der Waals surface area contributed by atoms with Crippen LogP contribution in [-0.4, -0.2) is 35.2 Å². The van der Waals surface area contributed by atoms with Crippen molar-refractivity contribution >= 4 is 34.8 Å². The molecule has 3 N–H and O–H groups in total. The summed E-state index contributed by atoms with van der Waals surface area (Å²) in [5.41, 5.74) is 5.76. The first-order valence-electron chi connectivity index (χ1n) is 13.6. The van der Waals surface area contributed by atoms with Gasteiger partial charge in [-0.3, -0.25) is 19.2 Å². The van der Waals surface area contributed by atoms with Crippen LogP contribution in [0.25, 0.3) is 5.57 Å². The average molecular weight is 539 g/mol. The fraction of sp³-hybridized carbons (Fsp3) is 0.273. The summed E-state index contributed by atoms with van der Waals surface area (Å²) in [6.07, 6.45) is 7.11. The molecule has 0 saturated carbocycles. The van der Waals surface area contributed by atoms with Crippen molar-refractivity contribution in [1.29, 1.82) is 0 Å². The van der Waals surface area contributed by atoms with Crippen LogP contribution in [0.5, 0.6) is 0 Å². The number of nitrogens with one attached hydrogen (secondary N) is 2. The highest BCUT2D eigenvalue weighted by Crippen LogP contribution is 2.29. The minimum absolute atomic E-state index is 0.0515. The first-order chi connectivity index (χ1) is 19.3. The quantitative estimate of drug-likeness (QED) is 0.259. The van der Waals surface area contributed by atoms with E-state index >= 15 is 0 Å². The predicted molar refractivity (Wildman–Crippen MR) is 155 cm³/mol. The van der Waals surface area contributed by atoms with Crippen molar-refractivity contribution in [3.63, 3.8) is 0 Å². The van der Waals surface area contributed by atoms with E-state index < -0.39 is 11.9 Å². The number of carboxylic acids is 1. The molecule has 7 heteroatoms. The van der Waals surface area contributed by atoms with E-state index in [0.29, 0.717) is 23.2 Å². The molecule has 0 spiro atoms. The monoisotopic (exact) mass is 538 g/mol. The topological polar surface area (TPSA) is 113 Å². The number of carbonyl (C=O) groups is 4. The van der Waals surface area contributed by atoms with Gasteiger partial charge < -0.3 is 15.7 Å². The van der Waals surface area contributed by atoms with Crippen LogP contribution in [0.15, 0.2) is 78.9 Å². The smallest absolute Gasteiger partial charge is 0.305 e. The minimum Gasteiger partial charge on any atom is -0.481 e. The Bertz CT molecular complexity index is 1410. The highest BCUT2D eigenvalue weighted by Gasteiger charge is 2.22. The molecule has 1 aliphatic rings. The predicted octanol–water partition coefficient (Wildman–Crippen LogP) is 6.02. The number of allylic oxidation sites excluding steroid dienone is 2. The number of anilines is 1. The van der Waals surface area contributed by atoms with Crippen LogP contribution >= 0.6 is 0 Å². The van der Waals surface area contributed by atoms with Crippen molar-refractivity contribution in [3.8, 4) is 0 Å². The maximum atomic E-state index is 13.6. The van der Waals surface area contributed by atoms with Gasteiger partial charge >= 0.3 is 5.97 Å². The van der Waals surface area contributed by atoms with Crippen molar-refractivity contribution in [2.45, 2.75) is 51.4 Å². The molecule has 40 heavy (non-hydrogen) atoms. The number of Topliss-reactive ketones (excluding diaryl/α,β-unsaturated/α-hetero) is 1. The Morgan fingerprint density at radius 1 is 0.900 bits per heavy atom. The number of hydrogen-bond donors (Lipinski definition) is 3. The van der Waals surface area contributed by atoms with Crippen LogP contribution in [-0.2, 0) is 16.0 Å². The number of benzene rings is 3. The van der Waals surface area contributed by atoms with Crippen molar-refractivity contribution in [2.24, 2.45) is 0 Å². The molecule has 4 rings (SSSR count). The van der Waals surface area contributed by atoms with Crippen LogP contribution in [0.1, 0.15) is 82.4 Å². The lowest BCUT2D eigenvalue weighted by Gasteiger charge is -2.19. The van der Waals surface area contributed by atoms with E-state index in [0.717, 1.165) is 24.0 Å². The summed E-state index contributed by atoms with van der Waals surface area (Å²) in [4.78, 5) is 48.5. The summed E-state index contributed by atoms with van der Waals surface area (Å²) >= 11 is 0. The molecule has 3 aromatic carbocycles. The van der Waals surface area contributed by atoms with Gasteiger partial charge in [-0.05, 0) is 85.6 Å². The van der Waals surface area contributed by atoms with Gasteiger partial charge in [0.15, 0.2) is 5.78 Å². The second-order valence-corrected chi connectivity index (χ2v) is 10.1. The summed E-state index contributed by atoms with van der Waals surface area (Å²) in [6.45, 7) is 1.54. The Hall–Kier alpha value is -4.52. The fourth-order valence-corrected chi connectivity index (χ4v) is 4.85. The number of ketones is 1. The molecule has 0 saturated heterocycles. The third-order valence-electron chi connectivity index (χ3n) is 7.11. The number of hydrogen-bond acceptors (Lipinski definition) is 4. The van der Waals surface area contributed by atoms with Gasteiger partial charge in [0.05, 0.1) is 12.3 Å². The lowest BCUT2D eigenvalue weighted by molar-refractivity contribution is -0.136. The molecule has 0 radical (unpaired) electrons. The van der Waals surface area contributed by atoms with Gasteiger partial charge in [-0.1, -0.05) is 54.6 Å². The van der Waals surface area contributed by atoms with Crippen LogP contribution in [0.3, 0.4) is 0 Å². The summed E-state index contributed by atoms with van der Waals surface area (Å²) < 4.78 is 0. The summed E-state index contributed by atoms with van der Waals surface area (Å²) in [5, 5.41) is 14.3. The fourth-order valence-electron chi connectivity index (χ4n) is 4.85. The van der Waals surface area contributed by atoms with E-state index in [4.69, 9.17) is 5.11 Å². The highest BCUT2D eigenvalue weighted by atomic mass is 16.4. The lowest BCUT2D eigenvalue weighted by atomic mass is 9.88. The van der Waals surface area contributed by atoms with E-state index in [1.54, 1.807) is 36.4 Å². The van der Waals surface area contributed by atoms with E-state index in [9.17, 15) is 19.2 Å². The molecule has 1 atom stereocenters. The number of amides is 2. The molecule has 1 aliphatic carbocycles. The lowest BCUT2D eigenvalue weighted by Crippen LogP contribution is -2.26. The molecule has 3 aromatic rings. The molecule has 0 heterocycles. The number of carboxylic acid groups (broad SMARTS) is 1. The van der Waals surface area contributed by atoms with E-state index in [-0.39, 0.29) is 30.6 Å². The summed E-state index contributed by atoms with van der Waals surface area (Å²) in [5.74, 6) is -2.10. The molecular weight excluding hydrogens is 504 g/mol. The average Bonchev–Trinajstić information content (AvgIpc) is 2.96. The molecule has 7 nitrogen and oxygen atoms in total. The molecule has 2 amide bonds. The first-order valence-corrected chi connectivity index (χ1v) is 13.6. The van der Waals surface area contributed by atoms with Gasteiger partial charge in [-0.25, -0.2) is 0 Å². The van der Waals surface area contributed by atoms with Crippen molar-refractivity contribution in [1.82, 2.24) is 5.32 Å². The van der Waals surface area contributed by atoms with E-state index in [2.05, 4.69) is 28.8 Å². The summed E-state index contributed by atoms with van der Waals surface area (Å²) in [6, 6.07) is 22.0. The van der Waals surface area contributed by atoms with Gasteiger partial charge in [-0.2, -0.15) is 0 Å². The third-order valence-corrected chi connectivity index (χ3v) is 7.11. The second kappa shape index (κ2) is 13.5. The molecule has 1 unspecified atom stereocenters. The third kappa shape index (κ3) is 7.76. The first kappa shape index (κ1) is 28.5.